The number of hydrogen-bond donors (Lipinski definition) is 2. The van der Waals surface area contributed by atoms with Crippen molar-refractivity contribution in [1.29, 1.82) is 0 Å². The summed E-state index contributed by atoms with van der Waals surface area (Å²) < 4.78 is 20.5. The van der Waals surface area contributed by atoms with Gasteiger partial charge in [-0.05, 0) is 51.1 Å². The maximum Gasteiger partial charge on any atom is 0.412 e. The first-order chi connectivity index (χ1) is 14.5. The molecule has 1 aromatic heterocycles. The Bertz CT molecular complexity index is 1170. The maximum atomic E-state index is 13.7. The molecule has 0 radical (unpaired) electrons. The number of carbonyl (C=O) groups excluding carboxylic acids is 2. The van der Waals surface area contributed by atoms with E-state index in [0.717, 1.165) is 12.1 Å². The Morgan fingerprint density at radius 3 is 2.52 bits per heavy atom. The number of nitro groups is 1. The van der Waals surface area contributed by atoms with E-state index in [0.29, 0.717) is 10.9 Å². The number of halogens is 1. The van der Waals surface area contributed by atoms with E-state index < -0.39 is 28.3 Å². The Morgan fingerprint density at radius 1 is 1.10 bits per heavy atom. The van der Waals surface area contributed by atoms with Gasteiger partial charge in [-0.1, -0.05) is 0 Å². The van der Waals surface area contributed by atoms with E-state index >= 15 is 0 Å². The third kappa shape index (κ3) is 5.56. The molecule has 0 atom stereocenters. The summed E-state index contributed by atoms with van der Waals surface area (Å²) in [5.74, 6) is -1.07. The smallest absolute Gasteiger partial charge is 0.412 e. The molecule has 0 saturated carbocycles. The fourth-order valence-corrected chi connectivity index (χ4v) is 2.93. The number of rotatable bonds is 5. The van der Waals surface area contributed by atoms with Gasteiger partial charge in [0, 0.05) is 29.2 Å². The molecule has 0 spiro atoms. The number of nitrogens with one attached hydrogen (secondary N) is 2. The van der Waals surface area contributed by atoms with Gasteiger partial charge in [-0.25, -0.2) is 9.18 Å². The Balaban J connectivity index is 1.76. The topological polar surface area (TPSA) is 116 Å². The Labute approximate surface area is 176 Å². The highest BCUT2D eigenvalue weighted by Gasteiger charge is 2.18. The quantitative estimate of drug-likeness (QED) is 0.452. The first-order valence-electron chi connectivity index (χ1n) is 9.34. The van der Waals surface area contributed by atoms with Crippen LogP contribution in [0.3, 0.4) is 0 Å². The first kappa shape index (κ1) is 21.8. The molecule has 3 aromatic rings. The van der Waals surface area contributed by atoms with Gasteiger partial charge in [0.15, 0.2) is 0 Å². The highest BCUT2D eigenvalue weighted by Crippen LogP contribution is 2.25. The summed E-state index contributed by atoms with van der Waals surface area (Å²) in [4.78, 5) is 35.0. The van der Waals surface area contributed by atoms with Crippen LogP contribution in [0.25, 0.3) is 10.9 Å². The van der Waals surface area contributed by atoms with Crippen LogP contribution in [0.1, 0.15) is 20.8 Å². The molecule has 1 heterocycles. The minimum absolute atomic E-state index is 0.0488. The molecule has 10 heteroatoms. The van der Waals surface area contributed by atoms with Crippen molar-refractivity contribution < 1.29 is 23.6 Å². The van der Waals surface area contributed by atoms with Gasteiger partial charge in [-0.3, -0.25) is 20.2 Å². The highest BCUT2D eigenvalue weighted by molar-refractivity contribution is 5.98. The molecule has 2 amide bonds. The van der Waals surface area contributed by atoms with Crippen LogP contribution in [-0.4, -0.2) is 27.1 Å². The predicted molar refractivity (Wildman–Crippen MR) is 113 cm³/mol. The number of anilines is 2. The Morgan fingerprint density at radius 2 is 1.84 bits per heavy atom. The number of aromatic nitrogens is 1. The monoisotopic (exact) mass is 428 g/mol. The second-order valence-corrected chi connectivity index (χ2v) is 7.81. The fraction of sp³-hybridized carbons (Fsp3) is 0.238. The number of benzene rings is 2. The molecule has 0 aliphatic carbocycles. The largest absolute Gasteiger partial charge is 0.444 e. The molecular weight excluding hydrogens is 407 g/mol. The van der Waals surface area contributed by atoms with Crippen LogP contribution in [0.2, 0.25) is 0 Å². The number of fused-ring (bicyclic) bond motifs is 1. The molecule has 0 bridgehead atoms. The highest BCUT2D eigenvalue weighted by atomic mass is 19.1. The van der Waals surface area contributed by atoms with Crippen LogP contribution in [0.15, 0.2) is 48.7 Å². The SMILES string of the molecule is CC(C)(C)OC(=O)Nc1ccc(F)cc1NC(=O)Cn1ccc2cc([N+](=O)[O-])ccc21. The lowest BCUT2D eigenvalue weighted by Gasteiger charge is -2.20. The summed E-state index contributed by atoms with van der Waals surface area (Å²) in [6.45, 7) is 4.99. The summed E-state index contributed by atoms with van der Waals surface area (Å²) in [6, 6.07) is 9.53. The molecule has 0 fully saturated rings. The van der Waals surface area contributed by atoms with Crippen LogP contribution in [0.5, 0.6) is 0 Å². The lowest BCUT2D eigenvalue weighted by molar-refractivity contribution is -0.384. The minimum Gasteiger partial charge on any atom is -0.444 e. The Kier molecular flexibility index (Phi) is 5.91. The van der Waals surface area contributed by atoms with E-state index in [4.69, 9.17) is 4.74 Å². The van der Waals surface area contributed by atoms with E-state index in [9.17, 15) is 24.1 Å². The second kappa shape index (κ2) is 8.42. The van der Waals surface area contributed by atoms with Crippen molar-refractivity contribution in [3.8, 4) is 0 Å². The van der Waals surface area contributed by atoms with Crippen LogP contribution in [0, 0.1) is 15.9 Å². The van der Waals surface area contributed by atoms with Crippen LogP contribution >= 0.6 is 0 Å². The predicted octanol–water partition coefficient (Wildman–Crippen LogP) is 4.67. The molecule has 3 rings (SSSR count). The molecule has 2 aromatic carbocycles. The molecule has 2 N–H and O–H groups in total. The fourth-order valence-electron chi connectivity index (χ4n) is 2.93. The van der Waals surface area contributed by atoms with E-state index in [1.165, 1.54) is 18.2 Å². The minimum atomic E-state index is -0.743. The third-order valence-corrected chi connectivity index (χ3v) is 4.17. The zero-order chi connectivity index (χ0) is 22.8. The summed E-state index contributed by atoms with van der Waals surface area (Å²) >= 11 is 0. The van der Waals surface area contributed by atoms with E-state index in [1.54, 1.807) is 43.7 Å². The van der Waals surface area contributed by atoms with Crippen molar-refractivity contribution in [3.63, 3.8) is 0 Å². The van der Waals surface area contributed by atoms with Crippen molar-refractivity contribution in [1.82, 2.24) is 4.57 Å². The average Bonchev–Trinajstić information content (AvgIpc) is 3.04. The van der Waals surface area contributed by atoms with Gasteiger partial charge in [0.25, 0.3) is 5.69 Å². The molecule has 0 unspecified atom stereocenters. The number of carbonyl (C=O) groups is 2. The number of non-ortho nitro benzene ring substituents is 1. The van der Waals surface area contributed by atoms with Crippen LogP contribution in [0.4, 0.5) is 26.2 Å². The zero-order valence-electron chi connectivity index (χ0n) is 17.1. The first-order valence-corrected chi connectivity index (χ1v) is 9.34. The lowest BCUT2D eigenvalue weighted by atomic mass is 10.2. The third-order valence-electron chi connectivity index (χ3n) is 4.17. The van der Waals surface area contributed by atoms with Gasteiger partial charge < -0.3 is 14.6 Å². The standard InChI is InChI=1S/C21H21FN4O5/c1-21(2,3)31-20(28)24-16-6-4-14(22)11-17(16)23-19(27)12-25-9-8-13-10-15(26(29)30)5-7-18(13)25/h4-11H,12H2,1-3H3,(H,23,27)(H,24,28). The normalized spacial score (nSPS) is 11.2. The van der Waals surface area contributed by atoms with Gasteiger partial charge in [0.2, 0.25) is 5.91 Å². The molecule has 0 saturated heterocycles. The molecule has 162 valence electrons. The number of nitro benzene ring substituents is 1. The van der Waals surface area contributed by atoms with Crippen molar-refractivity contribution in [2.24, 2.45) is 0 Å². The number of hydrogen-bond acceptors (Lipinski definition) is 5. The van der Waals surface area contributed by atoms with Crippen molar-refractivity contribution in [2.45, 2.75) is 32.9 Å². The average molecular weight is 428 g/mol. The van der Waals surface area contributed by atoms with Gasteiger partial charge in [-0.2, -0.15) is 0 Å². The van der Waals surface area contributed by atoms with E-state index in [2.05, 4.69) is 10.6 Å². The van der Waals surface area contributed by atoms with Gasteiger partial charge in [0.1, 0.15) is 18.0 Å². The number of nitrogens with zero attached hydrogens (tertiary/aromatic N) is 2. The number of amides is 2. The Hall–Kier alpha value is -3.95. The molecule has 0 aliphatic heterocycles. The second-order valence-electron chi connectivity index (χ2n) is 7.81. The zero-order valence-corrected chi connectivity index (χ0v) is 17.1. The number of ether oxygens (including phenoxy) is 1. The van der Waals surface area contributed by atoms with Crippen molar-refractivity contribution in [2.75, 3.05) is 10.6 Å². The van der Waals surface area contributed by atoms with Crippen molar-refractivity contribution >= 4 is 40.0 Å². The molecule has 0 aliphatic rings. The van der Waals surface area contributed by atoms with Gasteiger partial charge in [-0.15, -0.1) is 0 Å². The lowest BCUT2D eigenvalue weighted by Crippen LogP contribution is -2.28. The van der Waals surface area contributed by atoms with E-state index in [-0.39, 0.29) is 23.6 Å². The van der Waals surface area contributed by atoms with E-state index in [1.807, 2.05) is 0 Å². The summed E-state index contributed by atoms with van der Waals surface area (Å²) in [5, 5.41) is 16.6. The van der Waals surface area contributed by atoms with Crippen LogP contribution < -0.4 is 10.6 Å². The van der Waals surface area contributed by atoms with Gasteiger partial charge >= 0.3 is 6.09 Å². The van der Waals surface area contributed by atoms with Gasteiger partial charge in [0.05, 0.1) is 16.3 Å². The van der Waals surface area contributed by atoms with Crippen LogP contribution in [-0.2, 0) is 16.1 Å². The summed E-state index contributed by atoms with van der Waals surface area (Å²) in [6.07, 6.45) is 0.881. The molecular formula is C21H21FN4O5. The maximum absolute atomic E-state index is 13.7. The summed E-state index contributed by atoms with van der Waals surface area (Å²) in [5.41, 5.74) is 0.109. The van der Waals surface area contributed by atoms with Crippen molar-refractivity contribution in [3.05, 3.63) is 64.6 Å². The summed E-state index contributed by atoms with van der Waals surface area (Å²) in [7, 11) is 0. The molecule has 9 nitrogen and oxygen atoms in total. The molecule has 31 heavy (non-hydrogen) atoms.